The van der Waals surface area contributed by atoms with Gasteiger partial charge in [0.2, 0.25) is 0 Å². The van der Waals surface area contributed by atoms with Crippen LogP contribution >= 0.6 is 23.2 Å². The van der Waals surface area contributed by atoms with Gasteiger partial charge < -0.3 is 5.73 Å². The van der Waals surface area contributed by atoms with Crippen molar-refractivity contribution in [2.45, 2.75) is 13.0 Å². The van der Waals surface area contributed by atoms with Crippen molar-refractivity contribution in [2.75, 3.05) is 5.73 Å². The van der Waals surface area contributed by atoms with E-state index in [2.05, 4.69) is 5.10 Å². The minimum absolute atomic E-state index is 0.0406. The van der Waals surface area contributed by atoms with E-state index in [0.717, 1.165) is 5.56 Å². The molecular weight excluding hydrogens is 245 g/mol. The molecule has 1 aromatic carbocycles. The smallest absolute Gasteiger partial charge is 0.122 e. The van der Waals surface area contributed by atoms with E-state index in [1.54, 1.807) is 29.1 Å². The fraction of sp³-hybridized carbons (Fsp3) is 0.182. The zero-order valence-corrected chi connectivity index (χ0v) is 10.2. The molecule has 0 aliphatic carbocycles. The van der Waals surface area contributed by atoms with Crippen LogP contribution < -0.4 is 5.73 Å². The van der Waals surface area contributed by atoms with E-state index >= 15 is 0 Å². The molecule has 0 saturated heterocycles. The number of halogens is 2. The topological polar surface area (TPSA) is 43.8 Å². The molecule has 3 nitrogen and oxygen atoms in total. The summed E-state index contributed by atoms with van der Waals surface area (Å²) in [6, 6.07) is 7.06. The minimum Gasteiger partial charge on any atom is -0.384 e. The number of nitrogens with two attached hydrogens (primary N) is 1. The van der Waals surface area contributed by atoms with Crippen LogP contribution in [0, 0.1) is 0 Å². The molecule has 2 aromatic rings. The van der Waals surface area contributed by atoms with Crippen LogP contribution in [0.5, 0.6) is 0 Å². The van der Waals surface area contributed by atoms with Gasteiger partial charge in [-0.3, -0.25) is 0 Å². The lowest BCUT2D eigenvalue weighted by Crippen LogP contribution is -2.11. The summed E-state index contributed by atoms with van der Waals surface area (Å²) in [5.74, 6) is 0.601. The number of nitrogens with zero attached hydrogens (tertiary/aromatic N) is 2. The van der Waals surface area contributed by atoms with Crippen molar-refractivity contribution in [3.05, 3.63) is 46.1 Å². The van der Waals surface area contributed by atoms with Gasteiger partial charge in [0.15, 0.2) is 0 Å². The summed E-state index contributed by atoms with van der Waals surface area (Å²) in [7, 11) is 0. The quantitative estimate of drug-likeness (QED) is 0.895. The lowest BCUT2D eigenvalue weighted by atomic mass is 10.1. The molecule has 0 unspecified atom stereocenters. The van der Waals surface area contributed by atoms with Gasteiger partial charge in [0.25, 0.3) is 0 Å². The zero-order valence-electron chi connectivity index (χ0n) is 8.69. The Bertz CT molecular complexity index is 508. The van der Waals surface area contributed by atoms with Gasteiger partial charge in [-0.1, -0.05) is 23.2 Å². The van der Waals surface area contributed by atoms with Crippen LogP contribution in [-0.4, -0.2) is 9.78 Å². The summed E-state index contributed by atoms with van der Waals surface area (Å²) in [5, 5.41) is 5.46. The van der Waals surface area contributed by atoms with Crippen LogP contribution in [-0.2, 0) is 0 Å². The molecule has 0 fully saturated rings. The van der Waals surface area contributed by atoms with Crippen LogP contribution in [0.1, 0.15) is 18.5 Å². The number of hydrogen-bond donors (Lipinski definition) is 1. The average molecular weight is 256 g/mol. The number of benzene rings is 1. The van der Waals surface area contributed by atoms with Crippen molar-refractivity contribution in [3.8, 4) is 0 Å². The average Bonchev–Trinajstić information content (AvgIpc) is 2.67. The molecule has 2 rings (SSSR count). The highest BCUT2D eigenvalue weighted by molar-refractivity contribution is 6.33. The Kier molecular flexibility index (Phi) is 3.08. The number of aromatic nitrogens is 2. The molecule has 5 heteroatoms. The molecule has 0 saturated carbocycles. The monoisotopic (exact) mass is 255 g/mol. The Morgan fingerprint density at radius 2 is 2.06 bits per heavy atom. The highest BCUT2D eigenvalue weighted by atomic mass is 35.5. The highest BCUT2D eigenvalue weighted by Crippen LogP contribution is 2.29. The largest absolute Gasteiger partial charge is 0.384 e. The summed E-state index contributed by atoms with van der Waals surface area (Å²) < 4.78 is 1.71. The predicted octanol–water partition coefficient (Wildman–Crippen LogP) is 3.38. The lowest BCUT2D eigenvalue weighted by molar-refractivity contribution is 0.573. The fourth-order valence-corrected chi connectivity index (χ4v) is 2.07. The van der Waals surface area contributed by atoms with Crippen molar-refractivity contribution < 1.29 is 0 Å². The normalized spacial score (nSPS) is 12.7. The van der Waals surface area contributed by atoms with Gasteiger partial charge in [0.1, 0.15) is 5.82 Å². The van der Waals surface area contributed by atoms with Crippen LogP contribution in [0.4, 0.5) is 5.82 Å². The third kappa shape index (κ3) is 2.01. The molecule has 0 bridgehead atoms. The predicted molar refractivity (Wildman–Crippen MR) is 66.9 cm³/mol. The van der Waals surface area contributed by atoms with Gasteiger partial charge in [-0.05, 0) is 36.8 Å². The van der Waals surface area contributed by atoms with Crippen LogP contribution in [0.3, 0.4) is 0 Å². The summed E-state index contributed by atoms with van der Waals surface area (Å²) in [5.41, 5.74) is 6.70. The first-order valence-corrected chi connectivity index (χ1v) is 5.59. The maximum absolute atomic E-state index is 6.12. The van der Waals surface area contributed by atoms with Crippen molar-refractivity contribution >= 4 is 29.0 Å². The number of nitrogen functional groups attached to an aromatic ring is 1. The second-order valence-corrected chi connectivity index (χ2v) is 4.39. The molecule has 16 heavy (non-hydrogen) atoms. The highest BCUT2D eigenvalue weighted by Gasteiger charge is 2.14. The molecule has 1 heterocycles. The SMILES string of the molecule is C[C@@H](c1cc(Cl)ccc1Cl)n1nccc1N. The molecular formula is C11H11Cl2N3. The lowest BCUT2D eigenvalue weighted by Gasteiger charge is -2.16. The molecule has 0 aliphatic rings. The summed E-state index contributed by atoms with van der Waals surface area (Å²) in [6.45, 7) is 1.97. The van der Waals surface area contributed by atoms with Crippen molar-refractivity contribution in [1.29, 1.82) is 0 Å². The van der Waals surface area contributed by atoms with Gasteiger partial charge in [-0.2, -0.15) is 5.10 Å². The Balaban J connectivity index is 2.45. The third-order valence-electron chi connectivity index (χ3n) is 2.48. The van der Waals surface area contributed by atoms with Crippen molar-refractivity contribution in [1.82, 2.24) is 9.78 Å². The van der Waals surface area contributed by atoms with Gasteiger partial charge in [-0.25, -0.2) is 4.68 Å². The van der Waals surface area contributed by atoms with E-state index in [-0.39, 0.29) is 6.04 Å². The molecule has 1 aromatic heterocycles. The van der Waals surface area contributed by atoms with E-state index in [9.17, 15) is 0 Å². The number of anilines is 1. The number of hydrogen-bond acceptors (Lipinski definition) is 2. The van der Waals surface area contributed by atoms with Gasteiger partial charge in [0, 0.05) is 10.0 Å². The zero-order chi connectivity index (χ0) is 11.7. The molecule has 84 valence electrons. The summed E-state index contributed by atoms with van der Waals surface area (Å²) >= 11 is 12.1. The Morgan fingerprint density at radius 1 is 1.31 bits per heavy atom. The van der Waals surface area contributed by atoms with E-state index < -0.39 is 0 Å². The van der Waals surface area contributed by atoms with Crippen molar-refractivity contribution in [2.24, 2.45) is 0 Å². The molecule has 0 amide bonds. The van der Waals surface area contributed by atoms with E-state index in [1.165, 1.54) is 0 Å². The summed E-state index contributed by atoms with van der Waals surface area (Å²) in [4.78, 5) is 0. The molecule has 2 N–H and O–H groups in total. The Morgan fingerprint density at radius 3 is 2.69 bits per heavy atom. The first-order valence-electron chi connectivity index (χ1n) is 4.83. The van der Waals surface area contributed by atoms with Crippen LogP contribution in [0.25, 0.3) is 0 Å². The van der Waals surface area contributed by atoms with E-state index in [4.69, 9.17) is 28.9 Å². The van der Waals surface area contributed by atoms with Gasteiger partial charge in [-0.15, -0.1) is 0 Å². The van der Waals surface area contributed by atoms with Crippen molar-refractivity contribution in [3.63, 3.8) is 0 Å². The van der Waals surface area contributed by atoms with Crippen LogP contribution in [0.15, 0.2) is 30.5 Å². The van der Waals surface area contributed by atoms with E-state index in [0.29, 0.717) is 15.9 Å². The molecule has 0 radical (unpaired) electrons. The Hall–Kier alpha value is -1.19. The van der Waals surface area contributed by atoms with Gasteiger partial charge in [0.05, 0.1) is 12.2 Å². The first kappa shape index (κ1) is 11.3. The molecule has 0 aliphatic heterocycles. The van der Waals surface area contributed by atoms with Crippen LogP contribution in [0.2, 0.25) is 10.0 Å². The second-order valence-electron chi connectivity index (χ2n) is 3.54. The summed E-state index contributed by atoms with van der Waals surface area (Å²) in [6.07, 6.45) is 1.66. The maximum Gasteiger partial charge on any atom is 0.122 e. The van der Waals surface area contributed by atoms with Gasteiger partial charge >= 0.3 is 0 Å². The molecule has 0 spiro atoms. The maximum atomic E-state index is 6.12. The second kappa shape index (κ2) is 4.36. The number of rotatable bonds is 2. The standard InChI is InChI=1S/C11H11Cl2N3/c1-7(16-11(14)4-5-15-16)9-6-8(12)2-3-10(9)13/h2-7H,14H2,1H3/t7-/m0/s1. The molecule has 1 atom stereocenters. The third-order valence-corrected chi connectivity index (χ3v) is 3.06. The minimum atomic E-state index is -0.0406. The van der Waals surface area contributed by atoms with E-state index in [1.807, 2.05) is 13.0 Å². The first-order chi connectivity index (χ1) is 7.59. The Labute approximate surface area is 104 Å². The fourth-order valence-electron chi connectivity index (χ4n) is 1.61.